The quantitative estimate of drug-likeness (QED) is 0.886. The second-order valence-corrected chi connectivity index (χ2v) is 5.68. The largest absolute Gasteiger partial charge is 0.398 e. The van der Waals surface area contributed by atoms with Crippen molar-refractivity contribution >= 4 is 22.9 Å². The summed E-state index contributed by atoms with van der Waals surface area (Å²) in [4.78, 5) is 18.6. The van der Waals surface area contributed by atoms with Crippen LogP contribution in [-0.2, 0) is 6.54 Å². The maximum atomic E-state index is 13.2. The summed E-state index contributed by atoms with van der Waals surface area (Å²) in [6.45, 7) is 2.20. The molecule has 2 N–H and O–H groups in total. The third-order valence-corrected chi connectivity index (χ3v) is 3.63. The van der Waals surface area contributed by atoms with Crippen molar-refractivity contribution in [1.82, 2.24) is 9.88 Å². The van der Waals surface area contributed by atoms with Crippen molar-refractivity contribution < 1.29 is 13.6 Å². The molecule has 1 amide bonds. The molecule has 4 nitrogen and oxygen atoms in total. The minimum atomic E-state index is -1.09. The first-order chi connectivity index (χ1) is 9.38. The lowest BCUT2D eigenvalue weighted by Gasteiger charge is -2.17. The molecule has 106 valence electrons. The Balaban J connectivity index is 2.20. The van der Waals surface area contributed by atoms with Crippen LogP contribution in [0.4, 0.5) is 14.5 Å². The summed E-state index contributed by atoms with van der Waals surface area (Å²) in [5.41, 5.74) is 5.43. The molecule has 0 aliphatic rings. The number of aryl methyl sites for hydroxylation is 1. The maximum Gasteiger partial charge on any atom is 0.256 e. The van der Waals surface area contributed by atoms with Gasteiger partial charge in [0.15, 0.2) is 11.6 Å². The zero-order valence-electron chi connectivity index (χ0n) is 11.0. The second kappa shape index (κ2) is 5.54. The average molecular weight is 297 g/mol. The molecule has 2 rings (SSSR count). The van der Waals surface area contributed by atoms with E-state index in [1.54, 1.807) is 13.2 Å². The summed E-state index contributed by atoms with van der Waals surface area (Å²) >= 11 is 1.47. The minimum absolute atomic E-state index is 0.0485. The molecule has 1 aromatic heterocycles. The molecule has 0 fully saturated rings. The van der Waals surface area contributed by atoms with E-state index in [4.69, 9.17) is 5.73 Å². The first-order valence-corrected chi connectivity index (χ1v) is 6.61. The second-order valence-electron chi connectivity index (χ2n) is 4.36. The zero-order chi connectivity index (χ0) is 14.9. The van der Waals surface area contributed by atoms with Gasteiger partial charge >= 0.3 is 0 Å². The molecular formula is C13H13F2N3OS. The summed E-state index contributed by atoms with van der Waals surface area (Å²) in [7, 11) is 1.57. The van der Waals surface area contributed by atoms with E-state index < -0.39 is 17.5 Å². The number of hydrogen-bond acceptors (Lipinski definition) is 4. The van der Waals surface area contributed by atoms with Crippen molar-refractivity contribution in [1.29, 1.82) is 0 Å². The van der Waals surface area contributed by atoms with Crippen LogP contribution in [0.15, 0.2) is 18.3 Å². The van der Waals surface area contributed by atoms with Gasteiger partial charge in [0.2, 0.25) is 0 Å². The molecule has 0 bridgehead atoms. The standard InChI is InChI=1S/C13H13F2N3OS/c1-7-17-5-8(20-7)6-18(2)13(19)9-3-10(14)11(15)4-12(9)16/h3-5H,6,16H2,1-2H3. The normalized spacial score (nSPS) is 10.6. The molecule has 0 radical (unpaired) electrons. The van der Waals surface area contributed by atoms with Gasteiger partial charge in [0.1, 0.15) is 0 Å². The molecule has 1 heterocycles. The number of amides is 1. The number of benzene rings is 1. The molecule has 1 aromatic carbocycles. The Kier molecular flexibility index (Phi) is 3.99. The number of thiazole rings is 1. The molecule has 2 aromatic rings. The zero-order valence-corrected chi connectivity index (χ0v) is 11.8. The lowest BCUT2D eigenvalue weighted by atomic mass is 10.1. The number of nitrogens with two attached hydrogens (primary N) is 1. The molecular weight excluding hydrogens is 284 g/mol. The van der Waals surface area contributed by atoms with Gasteiger partial charge in [-0.25, -0.2) is 13.8 Å². The van der Waals surface area contributed by atoms with E-state index in [1.807, 2.05) is 6.92 Å². The van der Waals surface area contributed by atoms with E-state index in [1.165, 1.54) is 16.2 Å². The summed E-state index contributed by atoms with van der Waals surface area (Å²) in [6, 6.07) is 1.63. The Morgan fingerprint density at radius 3 is 2.65 bits per heavy atom. The van der Waals surface area contributed by atoms with Gasteiger partial charge < -0.3 is 10.6 Å². The Bertz CT molecular complexity index is 657. The lowest BCUT2D eigenvalue weighted by Crippen LogP contribution is -2.26. The van der Waals surface area contributed by atoms with E-state index in [0.29, 0.717) is 6.54 Å². The van der Waals surface area contributed by atoms with Crippen LogP contribution in [0.3, 0.4) is 0 Å². The van der Waals surface area contributed by atoms with E-state index in [2.05, 4.69) is 4.98 Å². The van der Waals surface area contributed by atoms with Gasteiger partial charge in [0.25, 0.3) is 5.91 Å². The van der Waals surface area contributed by atoms with E-state index in [-0.39, 0.29) is 11.3 Å². The molecule has 0 aliphatic carbocycles. The third kappa shape index (κ3) is 2.93. The van der Waals surface area contributed by atoms with Gasteiger partial charge in [0.05, 0.1) is 17.1 Å². The van der Waals surface area contributed by atoms with Crippen molar-refractivity contribution in [3.63, 3.8) is 0 Å². The smallest absolute Gasteiger partial charge is 0.256 e. The third-order valence-electron chi connectivity index (χ3n) is 2.73. The van der Waals surface area contributed by atoms with Crippen molar-refractivity contribution in [2.75, 3.05) is 12.8 Å². The Labute approximate surface area is 118 Å². The minimum Gasteiger partial charge on any atom is -0.398 e. The number of rotatable bonds is 3. The monoisotopic (exact) mass is 297 g/mol. The van der Waals surface area contributed by atoms with E-state index >= 15 is 0 Å². The number of anilines is 1. The van der Waals surface area contributed by atoms with Crippen LogP contribution in [0.1, 0.15) is 20.2 Å². The van der Waals surface area contributed by atoms with Crippen LogP contribution in [0.25, 0.3) is 0 Å². The highest BCUT2D eigenvalue weighted by Crippen LogP contribution is 2.20. The predicted molar refractivity (Wildman–Crippen MR) is 73.4 cm³/mol. The summed E-state index contributed by atoms with van der Waals surface area (Å²) in [5.74, 6) is -2.63. The van der Waals surface area contributed by atoms with Gasteiger partial charge in [-0.3, -0.25) is 4.79 Å². The van der Waals surface area contributed by atoms with Gasteiger partial charge in [0, 0.05) is 29.9 Å². The van der Waals surface area contributed by atoms with E-state index in [0.717, 1.165) is 22.0 Å². The highest BCUT2D eigenvalue weighted by atomic mass is 32.1. The molecule has 0 spiro atoms. The van der Waals surface area contributed by atoms with Crippen molar-refractivity contribution in [2.45, 2.75) is 13.5 Å². The van der Waals surface area contributed by atoms with Crippen LogP contribution >= 0.6 is 11.3 Å². The topological polar surface area (TPSA) is 59.2 Å². The molecule has 0 saturated carbocycles. The number of hydrogen-bond donors (Lipinski definition) is 1. The fourth-order valence-electron chi connectivity index (χ4n) is 1.74. The first-order valence-electron chi connectivity index (χ1n) is 5.79. The summed E-state index contributed by atoms with van der Waals surface area (Å²) < 4.78 is 26.2. The summed E-state index contributed by atoms with van der Waals surface area (Å²) in [6.07, 6.45) is 1.68. The Morgan fingerprint density at radius 2 is 2.05 bits per heavy atom. The first kappa shape index (κ1) is 14.4. The number of carbonyl (C=O) groups is 1. The lowest BCUT2D eigenvalue weighted by molar-refractivity contribution is 0.0787. The van der Waals surface area contributed by atoms with Crippen LogP contribution < -0.4 is 5.73 Å². The van der Waals surface area contributed by atoms with Crippen LogP contribution in [0.2, 0.25) is 0 Å². The Morgan fingerprint density at radius 1 is 1.40 bits per heavy atom. The van der Waals surface area contributed by atoms with Crippen molar-refractivity contribution in [2.24, 2.45) is 0 Å². The fraction of sp³-hybridized carbons (Fsp3) is 0.231. The number of halogens is 2. The maximum absolute atomic E-state index is 13.2. The van der Waals surface area contributed by atoms with Crippen molar-refractivity contribution in [3.05, 3.63) is 45.4 Å². The predicted octanol–water partition coefficient (Wildman–Crippen LogP) is 2.58. The molecule has 20 heavy (non-hydrogen) atoms. The van der Waals surface area contributed by atoms with Gasteiger partial charge in [-0.1, -0.05) is 0 Å². The van der Waals surface area contributed by atoms with Crippen LogP contribution in [0.5, 0.6) is 0 Å². The highest BCUT2D eigenvalue weighted by Gasteiger charge is 2.18. The van der Waals surface area contributed by atoms with Gasteiger partial charge in [-0.15, -0.1) is 11.3 Å². The number of nitrogen functional groups attached to an aromatic ring is 1. The summed E-state index contributed by atoms with van der Waals surface area (Å²) in [5, 5.41) is 0.896. The molecule has 0 saturated heterocycles. The van der Waals surface area contributed by atoms with Crippen molar-refractivity contribution in [3.8, 4) is 0 Å². The van der Waals surface area contributed by atoms with Crippen LogP contribution in [0, 0.1) is 18.6 Å². The fourth-order valence-corrected chi connectivity index (χ4v) is 2.59. The SMILES string of the molecule is Cc1ncc(CN(C)C(=O)c2cc(F)c(F)cc2N)s1. The molecule has 0 unspecified atom stereocenters. The molecule has 7 heteroatoms. The average Bonchev–Trinajstić information content (AvgIpc) is 2.78. The highest BCUT2D eigenvalue weighted by molar-refractivity contribution is 7.11. The number of carbonyl (C=O) groups excluding carboxylic acids is 1. The van der Waals surface area contributed by atoms with Gasteiger partial charge in [-0.2, -0.15) is 0 Å². The van der Waals surface area contributed by atoms with E-state index in [9.17, 15) is 13.6 Å². The van der Waals surface area contributed by atoms with Crippen LogP contribution in [-0.4, -0.2) is 22.8 Å². The molecule has 0 atom stereocenters. The number of nitrogens with zero attached hydrogens (tertiary/aromatic N) is 2. The Hall–Kier alpha value is -2.02. The number of aromatic nitrogens is 1. The van der Waals surface area contributed by atoms with Gasteiger partial charge in [-0.05, 0) is 13.0 Å². The molecule has 0 aliphatic heterocycles.